The van der Waals surface area contributed by atoms with Crippen molar-refractivity contribution in [3.05, 3.63) is 52.5 Å². The Kier molecular flexibility index (Phi) is 4.90. The van der Waals surface area contributed by atoms with Gasteiger partial charge in [-0.05, 0) is 57.9 Å². The lowest BCUT2D eigenvalue weighted by Gasteiger charge is -2.09. The zero-order chi connectivity index (χ0) is 15.5. The van der Waals surface area contributed by atoms with E-state index in [1.807, 2.05) is 18.2 Å². The summed E-state index contributed by atoms with van der Waals surface area (Å²) in [5, 5.41) is 3.25. The fourth-order valence-electron chi connectivity index (χ4n) is 1.84. The SMILES string of the molecule is COc1ccc(CNc2ccc(S(C)(=O)=O)cc2)cc1Br. The highest BCUT2D eigenvalue weighted by Gasteiger charge is 2.06. The van der Waals surface area contributed by atoms with Crippen molar-refractivity contribution < 1.29 is 13.2 Å². The Morgan fingerprint density at radius 3 is 2.33 bits per heavy atom. The number of benzene rings is 2. The highest BCUT2D eigenvalue weighted by molar-refractivity contribution is 9.10. The molecule has 0 aliphatic carbocycles. The summed E-state index contributed by atoms with van der Waals surface area (Å²) in [5.41, 5.74) is 1.96. The van der Waals surface area contributed by atoms with Gasteiger partial charge in [-0.25, -0.2) is 8.42 Å². The smallest absolute Gasteiger partial charge is 0.175 e. The molecule has 0 heterocycles. The molecule has 2 rings (SSSR count). The van der Waals surface area contributed by atoms with Crippen molar-refractivity contribution in [2.75, 3.05) is 18.7 Å². The number of methoxy groups -OCH3 is 1. The van der Waals surface area contributed by atoms with Crippen molar-refractivity contribution in [2.24, 2.45) is 0 Å². The Balaban J connectivity index is 2.05. The van der Waals surface area contributed by atoms with Crippen molar-refractivity contribution in [2.45, 2.75) is 11.4 Å². The van der Waals surface area contributed by atoms with Crippen LogP contribution in [0.15, 0.2) is 51.8 Å². The molecule has 0 atom stereocenters. The van der Waals surface area contributed by atoms with E-state index in [9.17, 15) is 8.42 Å². The molecule has 0 aliphatic rings. The summed E-state index contributed by atoms with van der Waals surface area (Å²) in [6.07, 6.45) is 1.20. The number of rotatable bonds is 5. The van der Waals surface area contributed by atoms with E-state index in [2.05, 4.69) is 21.2 Å². The Hall–Kier alpha value is -1.53. The molecular formula is C15H16BrNO3S. The second-order valence-electron chi connectivity index (χ2n) is 4.62. The molecule has 21 heavy (non-hydrogen) atoms. The molecule has 0 amide bonds. The Bertz CT molecular complexity index is 727. The van der Waals surface area contributed by atoms with Crippen LogP contribution in [0.25, 0.3) is 0 Å². The summed E-state index contributed by atoms with van der Waals surface area (Å²) in [6, 6.07) is 12.6. The Labute approximate surface area is 133 Å². The minimum absolute atomic E-state index is 0.320. The van der Waals surface area contributed by atoms with E-state index < -0.39 is 9.84 Å². The van der Waals surface area contributed by atoms with Crippen LogP contribution >= 0.6 is 15.9 Å². The normalized spacial score (nSPS) is 11.2. The zero-order valence-electron chi connectivity index (χ0n) is 11.8. The summed E-state index contributed by atoms with van der Waals surface area (Å²) in [6.45, 7) is 0.640. The molecule has 0 fully saturated rings. The van der Waals surface area contributed by atoms with Crippen LogP contribution < -0.4 is 10.1 Å². The average Bonchev–Trinajstić information content (AvgIpc) is 2.45. The number of hydrogen-bond acceptors (Lipinski definition) is 4. The van der Waals surface area contributed by atoms with E-state index >= 15 is 0 Å². The summed E-state index contributed by atoms with van der Waals surface area (Å²) < 4.78 is 28.9. The van der Waals surface area contributed by atoms with Gasteiger partial charge in [-0.3, -0.25) is 0 Å². The molecule has 0 bridgehead atoms. The van der Waals surface area contributed by atoms with Gasteiger partial charge < -0.3 is 10.1 Å². The lowest BCUT2D eigenvalue weighted by molar-refractivity contribution is 0.412. The molecule has 4 nitrogen and oxygen atoms in total. The maximum absolute atomic E-state index is 11.4. The first-order valence-electron chi connectivity index (χ1n) is 6.26. The number of halogens is 1. The first kappa shape index (κ1) is 15.9. The number of hydrogen-bond donors (Lipinski definition) is 1. The van der Waals surface area contributed by atoms with E-state index in [-0.39, 0.29) is 0 Å². The number of ether oxygens (including phenoxy) is 1. The number of nitrogens with one attached hydrogen (secondary N) is 1. The molecule has 112 valence electrons. The van der Waals surface area contributed by atoms with Gasteiger partial charge in [0.1, 0.15) is 5.75 Å². The molecule has 0 aromatic heterocycles. The second kappa shape index (κ2) is 6.49. The monoisotopic (exact) mass is 369 g/mol. The van der Waals surface area contributed by atoms with Crippen LogP contribution in [-0.4, -0.2) is 21.8 Å². The van der Waals surface area contributed by atoms with Gasteiger partial charge in [0.25, 0.3) is 0 Å². The molecule has 0 aliphatic heterocycles. The molecular weight excluding hydrogens is 354 g/mol. The van der Waals surface area contributed by atoms with Gasteiger partial charge in [0.2, 0.25) is 0 Å². The summed E-state index contributed by atoms with van der Waals surface area (Å²) in [5.74, 6) is 0.788. The van der Waals surface area contributed by atoms with Crippen molar-refractivity contribution in [1.82, 2.24) is 0 Å². The predicted octanol–water partition coefficient (Wildman–Crippen LogP) is 3.47. The first-order chi connectivity index (χ1) is 9.90. The van der Waals surface area contributed by atoms with Gasteiger partial charge in [0.05, 0.1) is 16.5 Å². The minimum atomic E-state index is -3.15. The largest absolute Gasteiger partial charge is 0.496 e. The fraction of sp³-hybridized carbons (Fsp3) is 0.200. The van der Waals surface area contributed by atoms with Crippen LogP contribution in [0.4, 0.5) is 5.69 Å². The quantitative estimate of drug-likeness (QED) is 0.876. The fourth-order valence-corrected chi connectivity index (χ4v) is 3.06. The van der Waals surface area contributed by atoms with E-state index in [1.165, 1.54) is 6.26 Å². The third kappa shape index (κ3) is 4.22. The first-order valence-corrected chi connectivity index (χ1v) is 8.95. The predicted molar refractivity (Wildman–Crippen MR) is 87.6 cm³/mol. The molecule has 0 saturated heterocycles. The van der Waals surface area contributed by atoms with E-state index in [1.54, 1.807) is 31.4 Å². The van der Waals surface area contributed by atoms with Crippen LogP contribution in [0.2, 0.25) is 0 Å². The van der Waals surface area contributed by atoms with Crippen molar-refractivity contribution in [3.63, 3.8) is 0 Å². The molecule has 1 N–H and O–H groups in total. The highest BCUT2D eigenvalue weighted by atomic mass is 79.9. The summed E-state index contributed by atoms with van der Waals surface area (Å²) in [7, 11) is -1.52. The van der Waals surface area contributed by atoms with Crippen molar-refractivity contribution in [3.8, 4) is 5.75 Å². The van der Waals surface area contributed by atoms with Gasteiger partial charge in [0.15, 0.2) is 9.84 Å². The van der Waals surface area contributed by atoms with Gasteiger partial charge in [-0.1, -0.05) is 6.07 Å². The summed E-state index contributed by atoms with van der Waals surface area (Å²) in [4.78, 5) is 0.320. The molecule has 0 unspecified atom stereocenters. The third-order valence-corrected chi connectivity index (χ3v) is 4.74. The summed E-state index contributed by atoms with van der Waals surface area (Å²) >= 11 is 3.45. The van der Waals surface area contributed by atoms with Crippen LogP contribution in [0.1, 0.15) is 5.56 Å². The van der Waals surface area contributed by atoms with E-state index in [0.717, 1.165) is 21.5 Å². The van der Waals surface area contributed by atoms with Gasteiger partial charge in [0, 0.05) is 18.5 Å². The lowest BCUT2D eigenvalue weighted by atomic mass is 10.2. The van der Waals surface area contributed by atoms with E-state index in [4.69, 9.17) is 4.74 Å². The minimum Gasteiger partial charge on any atom is -0.496 e. The van der Waals surface area contributed by atoms with Crippen molar-refractivity contribution >= 4 is 31.5 Å². The molecule has 0 spiro atoms. The standard InChI is InChI=1S/C15H16BrNO3S/c1-20-15-8-3-11(9-14(15)16)10-17-12-4-6-13(7-5-12)21(2,18)19/h3-9,17H,10H2,1-2H3. The van der Waals surface area contributed by atoms with E-state index in [0.29, 0.717) is 11.4 Å². The highest BCUT2D eigenvalue weighted by Crippen LogP contribution is 2.26. The number of anilines is 1. The van der Waals surface area contributed by atoms with Crippen LogP contribution in [0.5, 0.6) is 5.75 Å². The molecule has 0 radical (unpaired) electrons. The van der Waals surface area contributed by atoms with Crippen LogP contribution in [-0.2, 0) is 16.4 Å². The molecule has 6 heteroatoms. The average molecular weight is 370 g/mol. The second-order valence-corrected chi connectivity index (χ2v) is 7.49. The molecule has 0 saturated carbocycles. The maximum Gasteiger partial charge on any atom is 0.175 e. The lowest BCUT2D eigenvalue weighted by Crippen LogP contribution is -2.01. The third-order valence-electron chi connectivity index (χ3n) is 3.00. The Morgan fingerprint density at radius 2 is 1.81 bits per heavy atom. The molecule has 2 aromatic carbocycles. The van der Waals surface area contributed by atoms with Gasteiger partial charge in [-0.2, -0.15) is 0 Å². The van der Waals surface area contributed by atoms with Crippen LogP contribution in [0, 0.1) is 0 Å². The van der Waals surface area contributed by atoms with Gasteiger partial charge >= 0.3 is 0 Å². The Morgan fingerprint density at radius 1 is 1.14 bits per heavy atom. The number of sulfone groups is 1. The zero-order valence-corrected chi connectivity index (χ0v) is 14.2. The topological polar surface area (TPSA) is 55.4 Å². The molecule has 2 aromatic rings. The van der Waals surface area contributed by atoms with Crippen LogP contribution in [0.3, 0.4) is 0 Å². The van der Waals surface area contributed by atoms with Gasteiger partial charge in [-0.15, -0.1) is 0 Å². The van der Waals surface area contributed by atoms with Crippen molar-refractivity contribution in [1.29, 1.82) is 0 Å². The maximum atomic E-state index is 11.4.